The standard InChI is InChI=1S/C13H24N2OS/c1-9-6-7-17-12(9)11(10(2)14)15(5)8-13(3,4)16/h6-7,10-11,16H,8,14H2,1-5H3. The van der Waals surface area contributed by atoms with E-state index in [0.717, 1.165) is 0 Å². The van der Waals surface area contributed by atoms with E-state index >= 15 is 0 Å². The summed E-state index contributed by atoms with van der Waals surface area (Å²) < 4.78 is 0. The van der Waals surface area contributed by atoms with Gasteiger partial charge in [-0.1, -0.05) is 0 Å². The zero-order valence-corrected chi connectivity index (χ0v) is 12.2. The fourth-order valence-electron chi connectivity index (χ4n) is 2.24. The predicted molar refractivity (Wildman–Crippen MR) is 74.4 cm³/mol. The lowest BCUT2D eigenvalue weighted by Gasteiger charge is -2.34. The van der Waals surface area contributed by atoms with E-state index in [2.05, 4.69) is 23.3 Å². The summed E-state index contributed by atoms with van der Waals surface area (Å²) in [5.41, 5.74) is 6.68. The number of aliphatic hydroxyl groups is 1. The molecular weight excluding hydrogens is 232 g/mol. The van der Waals surface area contributed by atoms with Gasteiger partial charge in [0.15, 0.2) is 0 Å². The highest BCUT2D eigenvalue weighted by molar-refractivity contribution is 7.10. The van der Waals surface area contributed by atoms with Crippen LogP contribution in [0.15, 0.2) is 11.4 Å². The monoisotopic (exact) mass is 256 g/mol. The topological polar surface area (TPSA) is 49.5 Å². The number of hydrogen-bond donors (Lipinski definition) is 2. The molecular formula is C13H24N2OS. The SMILES string of the molecule is Cc1ccsc1C(C(C)N)N(C)CC(C)(C)O. The quantitative estimate of drug-likeness (QED) is 0.848. The zero-order valence-electron chi connectivity index (χ0n) is 11.4. The predicted octanol–water partition coefficient (Wildman–Crippen LogP) is 2.15. The number of aryl methyl sites for hydroxylation is 1. The highest BCUT2D eigenvalue weighted by Crippen LogP contribution is 2.30. The van der Waals surface area contributed by atoms with Crippen LogP contribution in [0.25, 0.3) is 0 Å². The first-order chi connectivity index (χ1) is 7.72. The molecule has 1 aromatic rings. The zero-order chi connectivity index (χ0) is 13.2. The van der Waals surface area contributed by atoms with Crippen molar-refractivity contribution in [1.29, 1.82) is 0 Å². The van der Waals surface area contributed by atoms with Gasteiger partial charge < -0.3 is 10.8 Å². The van der Waals surface area contributed by atoms with Gasteiger partial charge in [-0.25, -0.2) is 0 Å². The Labute approximate surface area is 108 Å². The Bertz CT molecular complexity index is 355. The van der Waals surface area contributed by atoms with E-state index in [9.17, 15) is 5.11 Å². The molecule has 0 aliphatic heterocycles. The van der Waals surface area contributed by atoms with Crippen LogP contribution in [0.4, 0.5) is 0 Å². The smallest absolute Gasteiger partial charge is 0.0718 e. The van der Waals surface area contributed by atoms with Gasteiger partial charge in [0.05, 0.1) is 11.6 Å². The van der Waals surface area contributed by atoms with Crippen molar-refractivity contribution in [3.63, 3.8) is 0 Å². The van der Waals surface area contributed by atoms with E-state index in [0.29, 0.717) is 6.54 Å². The van der Waals surface area contributed by atoms with E-state index in [1.165, 1.54) is 10.4 Å². The molecule has 0 bridgehead atoms. The van der Waals surface area contributed by atoms with Crippen LogP contribution in [0.1, 0.15) is 37.3 Å². The van der Waals surface area contributed by atoms with Gasteiger partial charge in [-0.15, -0.1) is 11.3 Å². The molecule has 1 aromatic heterocycles. The molecule has 0 amide bonds. The molecule has 98 valence electrons. The highest BCUT2D eigenvalue weighted by atomic mass is 32.1. The molecule has 17 heavy (non-hydrogen) atoms. The first-order valence-corrected chi connectivity index (χ1v) is 6.82. The Kier molecular flexibility index (Phi) is 4.72. The summed E-state index contributed by atoms with van der Waals surface area (Å²) >= 11 is 1.74. The normalized spacial score (nSPS) is 16.2. The maximum absolute atomic E-state index is 9.91. The van der Waals surface area contributed by atoms with Crippen molar-refractivity contribution in [3.8, 4) is 0 Å². The summed E-state index contributed by atoms with van der Waals surface area (Å²) in [5.74, 6) is 0. The molecule has 0 fully saturated rings. The van der Waals surface area contributed by atoms with Gasteiger partial charge in [-0.3, -0.25) is 4.90 Å². The molecule has 2 unspecified atom stereocenters. The average molecular weight is 256 g/mol. The van der Waals surface area contributed by atoms with Gasteiger partial charge >= 0.3 is 0 Å². The third-order valence-electron chi connectivity index (χ3n) is 2.78. The van der Waals surface area contributed by atoms with Gasteiger partial charge in [0, 0.05) is 17.5 Å². The molecule has 0 aliphatic rings. The highest BCUT2D eigenvalue weighted by Gasteiger charge is 2.27. The molecule has 1 rings (SSSR count). The molecule has 1 heterocycles. The van der Waals surface area contributed by atoms with Crippen LogP contribution in [0.5, 0.6) is 0 Å². The summed E-state index contributed by atoms with van der Waals surface area (Å²) in [6.45, 7) is 8.38. The second-order valence-electron chi connectivity index (χ2n) is 5.50. The van der Waals surface area contributed by atoms with Crippen molar-refractivity contribution in [2.75, 3.05) is 13.6 Å². The fourth-order valence-corrected chi connectivity index (χ4v) is 3.44. The summed E-state index contributed by atoms with van der Waals surface area (Å²) in [6.07, 6.45) is 0. The van der Waals surface area contributed by atoms with Crippen molar-refractivity contribution >= 4 is 11.3 Å². The van der Waals surface area contributed by atoms with E-state index in [4.69, 9.17) is 5.73 Å². The van der Waals surface area contributed by atoms with E-state index in [-0.39, 0.29) is 12.1 Å². The van der Waals surface area contributed by atoms with Crippen LogP contribution in [0.2, 0.25) is 0 Å². The Morgan fingerprint density at radius 2 is 2.12 bits per heavy atom. The number of rotatable bonds is 5. The van der Waals surface area contributed by atoms with Crippen LogP contribution in [-0.2, 0) is 0 Å². The minimum atomic E-state index is -0.701. The molecule has 0 aliphatic carbocycles. The van der Waals surface area contributed by atoms with Crippen LogP contribution >= 0.6 is 11.3 Å². The first kappa shape index (κ1) is 14.6. The molecule has 3 N–H and O–H groups in total. The summed E-state index contributed by atoms with van der Waals surface area (Å²) in [7, 11) is 2.02. The third kappa shape index (κ3) is 4.07. The minimum absolute atomic E-state index is 0.0414. The lowest BCUT2D eigenvalue weighted by Crippen LogP contribution is -2.43. The molecule has 0 aromatic carbocycles. The van der Waals surface area contributed by atoms with Gasteiger partial charge in [-0.2, -0.15) is 0 Å². The lowest BCUT2D eigenvalue weighted by molar-refractivity contribution is 0.0283. The molecule has 0 saturated carbocycles. The second kappa shape index (κ2) is 5.48. The number of nitrogens with two attached hydrogens (primary N) is 1. The van der Waals surface area contributed by atoms with Crippen LogP contribution in [-0.4, -0.2) is 35.2 Å². The van der Waals surface area contributed by atoms with Crippen molar-refractivity contribution in [2.24, 2.45) is 5.73 Å². The summed E-state index contributed by atoms with van der Waals surface area (Å²) in [4.78, 5) is 3.44. The number of nitrogens with zero attached hydrogens (tertiary/aromatic N) is 1. The maximum Gasteiger partial charge on any atom is 0.0718 e. The first-order valence-electron chi connectivity index (χ1n) is 5.94. The van der Waals surface area contributed by atoms with Crippen molar-refractivity contribution in [3.05, 3.63) is 21.9 Å². The van der Waals surface area contributed by atoms with Crippen molar-refractivity contribution < 1.29 is 5.11 Å². The van der Waals surface area contributed by atoms with Crippen molar-refractivity contribution in [1.82, 2.24) is 4.90 Å². The Morgan fingerprint density at radius 3 is 2.47 bits per heavy atom. The Hall–Kier alpha value is -0.420. The maximum atomic E-state index is 9.91. The average Bonchev–Trinajstić information content (AvgIpc) is 2.48. The second-order valence-corrected chi connectivity index (χ2v) is 6.45. The van der Waals surface area contributed by atoms with Gasteiger partial charge in [0.2, 0.25) is 0 Å². The van der Waals surface area contributed by atoms with Gasteiger partial charge in [0.25, 0.3) is 0 Å². The fraction of sp³-hybridized carbons (Fsp3) is 0.692. The molecule has 4 heteroatoms. The molecule has 3 nitrogen and oxygen atoms in total. The molecule has 0 saturated heterocycles. The van der Waals surface area contributed by atoms with Crippen LogP contribution in [0.3, 0.4) is 0 Å². The molecule has 0 radical (unpaired) electrons. The Balaban J connectivity index is 2.91. The molecule has 0 spiro atoms. The lowest BCUT2D eigenvalue weighted by atomic mass is 10.0. The Morgan fingerprint density at radius 1 is 1.53 bits per heavy atom. The largest absolute Gasteiger partial charge is 0.389 e. The summed E-state index contributed by atoms with van der Waals surface area (Å²) in [5, 5.41) is 12.0. The number of thiophene rings is 1. The van der Waals surface area contributed by atoms with E-state index in [1.807, 2.05) is 27.8 Å². The van der Waals surface area contributed by atoms with Crippen LogP contribution in [0, 0.1) is 6.92 Å². The van der Waals surface area contributed by atoms with E-state index < -0.39 is 5.60 Å². The third-order valence-corrected chi connectivity index (χ3v) is 3.87. The summed E-state index contributed by atoms with van der Waals surface area (Å²) in [6, 6.07) is 2.33. The number of hydrogen-bond acceptors (Lipinski definition) is 4. The number of likely N-dealkylation sites (N-methyl/N-ethyl adjacent to an activating group) is 1. The van der Waals surface area contributed by atoms with Gasteiger partial charge in [-0.05, 0) is 51.8 Å². The van der Waals surface area contributed by atoms with Gasteiger partial charge in [0.1, 0.15) is 0 Å². The minimum Gasteiger partial charge on any atom is -0.389 e. The van der Waals surface area contributed by atoms with Crippen LogP contribution < -0.4 is 5.73 Å². The molecule has 2 atom stereocenters. The van der Waals surface area contributed by atoms with Crippen molar-refractivity contribution in [2.45, 2.75) is 45.4 Å². The van der Waals surface area contributed by atoms with E-state index in [1.54, 1.807) is 11.3 Å².